The fourth-order valence-corrected chi connectivity index (χ4v) is 2.67. The molecule has 0 amide bonds. The van der Waals surface area contributed by atoms with Crippen molar-refractivity contribution in [3.8, 4) is 0 Å². The zero-order valence-electron chi connectivity index (χ0n) is 11.8. The summed E-state index contributed by atoms with van der Waals surface area (Å²) < 4.78 is 0.870. The van der Waals surface area contributed by atoms with Gasteiger partial charge in [0.25, 0.3) is 0 Å². The normalized spacial score (nSPS) is 14.3. The molecule has 0 aliphatic heterocycles. The van der Waals surface area contributed by atoms with Crippen LogP contribution in [0.2, 0.25) is 0 Å². The largest absolute Gasteiger partial charge is 0.327 e. The maximum Gasteiger partial charge on any atom is 0.137 e. The van der Waals surface area contributed by atoms with E-state index >= 15 is 0 Å². The van der Waals surface area contributed by atoms with Gasteiger partial charge in [0.15, 0.2) is 0 Å². The first-order chi connectivity index (χ1) is 9.67. The highest BCUT2D eigenvalue weighted by Crippen LogP contribution is 2.39. The minimum absolute atomic E-state index is 0.558. The number of rotatable bonds is 4. The lowest BCUT2D eigenvalue weighted by atomic mass is 10.2. The van der Waals surface area contributed by atoms with Gasteiger partial charge in [-0.25, -0.2) is 9.97 Å². The van der Waals surface area contributed by atoms with E-state index in [1.54, 1.807) is 0 Å². The number of aryl methyl sites for hydroxylation is 1. The maximum atomic E-state index is 4.75. The monoisotopic (exact) mass is 331 g/mol. The van der Waals surface area contributed by atoms with Gasteiger partial charge in [0.2, 0.25) is 0 Å². The summed E-state index contributed by atoms with van der Waals surface area (Å²) in [6.07, 6.45) is 2.43. The summed E-state index contributed by atoms with van der Waals surface area (Å²) in [6.45, 7) is 5.13. The summed E-state index contributed by atoms with van der Waals surface area (Å²) >= 11 is 3.51. The van der Waals surface area contributed by atoms with Crippen LogP contribution in [-0.2, 0) is 0 Å². The molecule has 3 nitrogen and oxygen atoms in total. The highest BCUT2D eigenvalue weighted by Gasteiger charge is 2.27. The van der Waals surface area contributed by atoms with Gasteiger partial charge in [-0.1, -0.05) is 17.7 Å². The quantitative estimate of drug-likeness (QED) is 0.767. The van der Waals surface area contributed by atoms with Crippen molar-refractivity contribution in [3.05, 3.63) is 46.3 Å². The molecule has 1 saturated carbocycles. The van der Waals surface area contributed by atoms with Gasteiger partial charge in [0.1, 0.15) is 16.2 Å². The summed E-state index contributed by atoms with van der Waals surface area (Å²) in [7, 11) is 0. The predicted molar refractivity (Wildman–Crippen MR) is 85.6 cm³/mol. The highest BCUT2D eigenvalue weighted by molar-refractivity contribution is 9.10. The SMILES string of the molecule is CCN(c1ccc(C)cc1)c1cc(Br)nc(C2CC2)n1. The lowest BCUT2D eigenvalue weighted by Gasteiger charge is -2.23. The zero-order valence-corrected chi connectivity index (χ0v) is 13.4. The summed E-state index contributed by atoms with van der Waals surface area (Å²) in [5.74, 6) is 2.50. The van der Waals surface area contributed by atoms with Gasteiger partial charge in [0, 0.05) is 24.2 Å². The number of aromatic nitrogens is 2. The molecule has 104 valence electrons. The van der Waals surface area contributed by atoms with Crippen molar-refractivity contribution in [3.63, 3.8) is 0 Å². The number of benzene rings is 1. The van der Waals surface area contributed by atoms with E-state index in [4.69, 9.17) is 4.98 Å². The van der Waals surface area contributed by atoms with Crippen LogP contribution in [0, 0.1) is 6.92 Å². The average molecular weight is 332 g/mol. The molecule has 2 aromatic rings. The molecule has 1 aliphatic carbocycles. The molecular weight excluding hydrogens is 314 g/mol. The Morgan fingerprint density at radius 1 is 1.20 bits per heavy atom. The molecule has 1 fully saturated rings. The third-order valence-electron chi connectivity index (χ3n) is 3.58. The van der Waals surface area contributed by atoms with Crippen LogP contribution in [0.15, 0.2) is 34.9 Å². The van der Waals surface area contributed by atoms with Gasteiger partial charge >= 0.3 is 0 Å². The standard InChI is InChI=1S/C16H18BrN3/c1-3-20(13-8-4-11(2)5-9-13)15-10-14(17)18-16(19-15)12-6-7-12/h4-5,8-10,12H,3,6-7H2,1-2H3. The summed E-state index contributed by atoms with van der Waals surface area (Å²) in [6, 6.07) is 10.6. The number of hydrogen-bond donors (Lipinski definition) is 0. The van der Waals surface area contributed by atoms with Crippen LogP contribution in [0.1, 0.15) is 37.1 Å². The second-order valence-electron chi connectivity index (χ2n) is 5.26. The van der Waals surface area contributed by atoms with E-state index < -0.39 is 0 Å². The summed E-state index contributed by atoms with van der Waals surface area (Å²) in [5, 5.41) is 0. The third-order valence-corrected chi connectivity index (χ3v) is 3.99. The maximum absolute atomic E-state index is 4.75. The zero-order chi connectivity index (χ0) is 14.1. The van der Waals surface area contributed by atoms with Crippen molar-refractivity contribution in [2.45, 2.75) is 32.6 Å². The molecule has 1 aliphatic rings. The molecule has 4 heteroatoms. The van der Waals surface area contributed by atoms with Crippen LogP contribution < -0.4 is 4.90 Å². The molecule has 0 unspecified atom stereocenters. The Balaban J connectivity index is 1.98. The van der Waals surface area contributed by atoms with Crippen molar-refractivity contribution in [1.82, 2.24) is 9.97 Å². The first-order valence-corrected chi connectivity index (χ1v) is 7.85. The molecule has 3 rings (SSSR count). The van der Waals surface area contributed by atoms with Crippen molar-refractivity contribution in [1.29, 1.82) is 0 Å². The molecule has 1 aromatic carbocycles. The average Bonchev–Trinajstić information content (AvgIpc) is 3.25. The first-order valence-electron chi connectivity index (χ1n) is 7.06. The Morgan fingerprint density at radius 3 is 2.50 bits per heavy atom. The van der Waals surface area contributed by atoms with Gasteiger partial charge < -0.3 is 4.90 Å². The van der Waals surface area contributed by atoms with E-state index in [-0.39, 0.29) is 0 Å². The van der Waals surface area contributed by atoms with Crippen LogP contribution in [0.5, 0.6) is 0 Å². The van der Waals surface area contributed by atoms with E-state index in [1.165, 1.54) is 24.1 Å². The second-order valence-corrected chi connectivity index (χ2v) is 6.07. The van der Waals surface area contributed by atoms with Crippen LogP contribution in [-0.4, -0.2) is 16.5 Å². The van der Waals surface area contributed by atoms with Gasteiger partial charge in [-0.3, -0.25) is 0 Å². The Kier molecular flexibility index (Phi) is 3.74. The smallest absolute Gasteiger partial charge is 0.137 e. The molecule has 0 bridgehead atoms. The van der Waals surface area contributed by atoms with Gasteiger partial charge in [-0.15, -0.1) is 0 Å². The molecule has 20 heavy (non-hydrogen) atoms. The lowest BCUT2D eigenvalue weighted by molar-refractivity contribution is 0.885. The van der Waals surface area contributed by atoms with Crippen LogP contribution in [0.25, 0.3) is 0 Å². The van der Waals surface area contributed by atoms with Gasteiger partial charge in [0.05, 0.1) is 0 Å². The van der Waals surface area contributed by atoms with Crippen molar-refractivity contribution >= 4 is 27.4 Å². The second kappa shape index (κ2) is 5.52. The van der Waals surface area contributed by atoms with Crippen molar-refractivity contribution in [2.24, 2.45) is 0 Å². The fourth-order valence-electron chi connectivity index (χ4n) is 2.29. The minimum atomic E-state index is 0.558. The lowest BCUT2D eigenvalue weighted by Crippen LogP contribution is -2.18. The van der Waals surface area contributed by atoms with Crippen LogP contribution in [0.3, 0.4) is 0 Å². The Bertz CT molecular complexity index is 606. The molecular formula is C16H18BrN3. The topological polar surface area (TPSA) is 29.0 Å². The van der Waals surface area contributed by atoms with Gasteiger partial charge in [-0.05, 0) is 54.8 Å². The number of hydrogen-bond acceptors (Lipinski definition) is 3. The Hall–Kier alpha value is -1.42. The Labute approximate surface area is 128 Å². The molecule has 0 saturated heterocycles. The minimum Gasteiger partial charge on any atom is -0.327 e. The number of anilines is 2. The summed E-state index contributed by atoms with van der Waals surface area (Å²) in [5.41, 5.74) is 2.44. The molecule has 0 spiro atoms. The third kappa shape index (κ3) is 2.85. The Morgan fingerprint density at radius 2 is 1.90 bits per heavy atom. The van der Waals surface area contributed by atoms with Crippen LogP contribution >= 0.6 is 15.9 Å². The molecule has 0 atom stereocenters. The van der Waals surface area contributed by atoms with Crippen molar-refractivity contribution in [2.75, 3.05) is 11.4 Å². The molecule has 0 N–H and O–H groups in total. The van der Waals surface area contributed by atoms with E-state index in [2.05, 4.69) is 63.9 Å². The first kappa shape index (κ1) is 13.6. The molecule has 1 heterocycles. The predicted octanol–water partition coefficient (Wildman–Crippen LogP) is 4.58. The molecule has 1 aromatic heterocycles. The highest BCUT2D eigenvalue weighted by atomic mass is 79.9. The number of nitrogens with zero attached hydrogens (tertiary/aromatic N) is 3. The van der Waals surface area contributed by atoms with Crippen LogP contribution in [0.4, 0.5) is 11.5 Å². The van der Waals surface area contributed by atoms with E-state index in [0.717, 1.165) is 22.8 Å². The fraction of sp³-hybridized carbons (Fsp3) is 0.375. The molecule has 0 radical (unpaired) electrons. The summed E-state index contributed by atoms with van der Waals surface area (Å²) in [4.78, 5) is 11.5. The number of halogens is 1. The van der Waals surface area contributed by atoms with E-state index in [9.17, 15) is 0 Å². The van der Waals surface area contributed by atoms with Crippen molar-refractivity contribution < 1.29 is 0 Å². The van der Waals surface area contributed by atoms with Gasteiger partial charge in [-0.2, -0.15) is 0 Å². The van der Waals surface area contributed by atoms with E-state index in [0.29, 0.717) is 5.92 Å². The van der Waals surface area contributed by atoms with E-state index in [1.807, 2.05) is 6.07 Å².